The summed E-state index contributed by atoms with van der Waals surface area (Å²) < 4.78 is 4.38. The van der Waals surface area contributed by atoms with Crippen molar-refractivity contribution in [3.8, 4) is 0 Å². The molecule has 0 bridgehead atoms. The Labute approximate surface area is 123 Å². The number of hydrogen-bond donors (Lipinski definition) is 0. The van der Waals surface area contributed by atoms with Crippen LogP contribution in [0, 0.1) is 6.08 Å². The Morgan fingerprint density at radius 2 is 1.80 bits per heavy atom. The quantitative estimate of drug-likeness (QED) is 0.367. The van der Waals surface area contributed by atoms with Crippen LogP contribution in [0.5, 0.6) is 0 Å². The van der Waals surface area contributed by atoms with Gasteiger partial charge in [0.25, 0.3) is 0 Å². The summed E-state index contributed by atoms with van der Waals surface area (Å²) in [6, 6.07) is 0.545. The first-order chi connectivity index (χ1) is 5.63. The summed E-state index contributed by atoms with van der Waals surface area (Å²) in [7, 11) is -0.309. The summed E-state index contributed by atoms with van der Waals surface area (Å²) in [5.41, 5.74) is 0. The molecule has 0 aromatic carbocycles. The van der Waals surface area contributed by atoms with Gasteiger partial charge in [-0.3, -0.25) is 6.08 Å². The van der Waals surface area contributed by atoms with Crippen molar-refractivity contribution in [2.45, 2.75) is 39.4 Å². The van der Waals surface area contributed by atoms with E-state index in [4.69, 9.17) is 0 Å². The summed E-state index contributed by atoms with van der Waals surface area (Å²) in [5, 5.41) is 0. The zero-order valence-corrected chi connectivity index (χ0v) is 13.8. The Balaban J connectivity index is -0.0000000687. The topological polar surface area (TPSA) is 12.4 Å². The van der Waals surface area contributed by atoms with Crippen molar-refractivity contribution >= 4 is 8.59 Å². The van der Waals surface area contributed by atoms with E-state index in [0.717, 1.165) is 6.42 Å². The van der Waals surface area contributed by atoms with Gasteiger partial charge in [-0.25, -0.2) is 12.2 Å². The van der Waals surface area contributed by atoms with Crippen LogP contribution in [0.25, 0.3) is 0 Å². The van der Waals surface area contributed by atoms with E-state index in [0.29, 0.717) is 6.04 Å². The maximum atomic E-state index is 4.38. The van der Waals surface area contributed by atoms with E-state index in [1.165, 1.54) is 0 Å². The minimum atomic E-state index is -0.309. The Bertz CT molecular complexity index is 190. The molecule has 1 rings (SSSR count). The smallest absolute Gasteiger partial charge is 1.00 e. The van der Waals surface area contributed by atoms with E-state index in [2.05, 4.69) is 43.7 Å². The number of halogens is 2. The number of nitrogens with zero attached hydrogens (tertiary/aromatic N) is 1. The molecule has 0 fully saturated rings. The van der Waals surface area contributed by atoms with Gasteiger partial charge < -0.3 is 29.4 Å². The van der Waals surface area contributed by atoms with Gasteiger partial charge in [-0.2, -0.15) is 6.08 Å². The molecule has 0 saturated heterocycles. The van der Waals surface area contributed by atoms with Crippen molar-refractivity contribution in [2.24, 2.45) is 4.63 Å². The number of rotatable bonds is 1. The molecule has 15 heavy (non-hydrogen) atoms. The monoisotopic (exact) mass is 298 g/mol. The minimum absolute atomic E-state index is 0. The molecule has 0 atom stereocenters. The predicted molar refractivity (Wildman–Crippen MR) is 56.6 cm³/mol. The molecular weight excluding hydrogens is 281 g/mol. The predicted octanol–water partition coefficient (Wildman–Crippen LogP) is -2.77. The largest absolute Gasteiger partial charge is 3.00 e. The van der Waals surface area contributed by atoms with Crippen LogP contribution in [0.15, 0.2) is 22.9 Å². The van der Waals surface area contributed by atoms with Gasteiger partial charge in [0.05, 0.1) is 0 Å². The third-order valence-electron chi connectivity index (χ3n) is 1.10. The average Bonchev–Trinajstić information content (AvgIpc) is 2.36. The summed E-state index contributed by atoms with van der Waals surface area (Å²) in [4.78, 5) is 0. The molecule has 1 nitrogen and oxygen atoms in total. The van der Waals surface area contributed by atoms with Gasteiger partial charge in [0.15, 0.2) is 0 Å². The number of hydrogen-bond acceptors (Lipinski definition) is 1. The SMILES string of the molecule is CC(C)N=[Si](C)C.[C-]1=CC=CC1.[Cl-].[Cl-].[Ti+3]. The van der Waals surface area contributed by atoms with Gasteiger partial charge in [-0.1, -0.05) is 0 Å². The Morgan fingerprint density at radius 3 is 1.87 bits per heavy atom. The molecule has 85 valence electrons. The first-order valence-corrected chi connectivity index (χ1v) is 6.80. The van der Waals surface area contributed by atoms with Gasteiger partial charge in [0, 0.05) is 6.04 Å². The normalized spacial score (nSPS) is 10.2. The molecule has 0 unspecified atom stereocenters. The molecule has 0 aromatic rings. The fourth-order valence-electron chi connectivity index (χ4n) is 0.857. The zero-order valence-electron chi connectivity index (χ0n) is 9.72. The van der Waals surface area contributed by atoms with E-state index in [9.17, 15) is 0 Å². The molecule has 0 N–H and O–H groups in total. The van der Waals surface area contributed by atoms with E-state index in [-0.39, 0.29) is 55.1 Å². The Hall–Kier alpha value is 0.791. The Morgan fingerprint density at radius 1 is 1.27 bits per heavy atom. The average molecular weight is 299 g/mol. The second kappa shape index (κ2) is 17.2. The fraction of sp³-hybridized carbons (Fsp3) is 0.600. The van der Waals surface area contributed by atoms with Crippen LogP contribution in [-0.2, 0) is 21.7 Å². The third kappa shape index (κ3) is 25.2. The summed E-state index contributed by atoms with van der Waals surface area (Å²) in [6.45, 7) is 8.64. The number of allylic oxidation sites excluding steroid dienone is 4. The third-order valence-corrected chi connectivity index (χ3v) is 2.14. The van der Waals surface area contributed by atoms with Crippen LogP contribution in [-0.4, -0.2) is 14.6 Å². The van der Waals surface area contributed by atoms with Crippen LogP contribution in [0.3, 0.4) is 0 Å². The van der Waals surface area contributed by atoms with Gasteiger partial charge in [0.2, 0.25) is 0 Å². The molecular formula is C10H18Cl2NSiTi. The van der Waals surface area contributed by atoms with E-state index >= 15 is 0 Å². The molecule has 1 radical (unpaired) electrons. The van der Waals surface area contributed by atoms with Crippen LogP contribution < -0.4 is 24.8 Å². The van der Waals surface area contributed by atoms with Crippen LogP contribution in [0.1, 0.15) is 20.3 Å². The van der Waals surface area contributed by atoms with E-state index in [1.807, 2.05) is 12.2 Å². The molecule has 0 heterocycles. The van der Waals surface area contributed by atoms with Gasteiger partial charge in [-0.05, 0) is 26.9 Å². The van der Waals surface area contributed by atoms with Gasteiger partial charge in [-0.15, -0.1) is 6.42 Å². The molecule has 0 saturated carbocycles. The van der Waals surface area contributed by atoms with E-state index < -0.39 is 0 Å². The summed E-state index contributed by atoms with van der Waals surface area (Å²) in [5.74, 6) is 0. The first kappa shape index (κ1) is 24.8. The fourth-order valence-corrected chi connectivity index (χ4v) is 1.89. The molecule has 0 spiro atoms. The maximum absolute atomic E-state index is 4.38. The standard InChI is InChI=1S/C5H13NSi.C5H5.2ClH.Ti/c1-5(2)6-7(3)4;1-2-4-5-3-1;;;/h5H,1-4H3;1-3H,4H2;2*1H;/q;-1;;;+3/p-2. The minimum Gasteiger partial charge on any atom is -1.00 e. The van der Waals surface area contributed by atoms with E-state index in [1.54, 1.807) is 0 Å². The van der Waals surface area contributed by atoms with Crippen LogP contribution >= 0.6 is 0 Å². The van der Waals surface area contributed by atoms with Crippen molar-refractivity contribution < 1.29 is 46.5 Å². The second-order valence-electron chi connectivity index (χ2n) is 3.17. The first-order valence-electron chi connectivity index (χ1n) is 4.35. The van der Waals surface area contributed by atoms with Crippen molar-refractivity contribution in [1.29, 1.82) is 0 Å². The van der Waals surface area contributed by atoms with Gasteiger partial charge >= 0.3 is 21.7 Å². The van der Waals surface area contributed by atoms with Crippen molar-refractivity contribution in [3.63, 3.8) is 0 Å². The Kier molecular flexibility index (Phi) is 28.5. The second-order valence-corrected chi connectivity index (χ2v) is 5.33. The maximum Gasteiger partial charge on any atom is 3.00 e. The van der Waals surface area contributed by atoms with Crippen molar-refractivity contribution in [3.05, 3.63) is 24.3 Å². The van der Waals surface area contributed by atoms with Crippen LogP contribution in [0.4, 0.5) is 0 Å². The van der Waals surface area contributed by atoms with Crippen molar-refractivity contribution in [2.75, 3.05) is 0 Å². The van der Waals surface area contributed by atoms with Gasteiger partial charge in [0.1, 0.15) is 8.59 Å². The van der Waals surface area contributed by atoms with Crippen molar-refractivity contribution in [1.82, 2.24) is 0 Å². The van der Waals surface area contributed by atoms with Crippen LogP contribution in [0.2, 0.25) is 13.1 Å². The molecule has 1 aliphatic carbocycles. The molecule has 0 aromatic heterocycles. The molecule has 5 heteroatoms. The zero-order chi connectivity index (χ0) is 9.40. The summed E-state index contributed by atoms with van der Waals surface area (Å²) >= 11 is 0. The summed E-state index contributed by atoms with van der Waals surface area (Å²) in [6.07, 6.45) is 10.0. The molecule has 0 aliphatic heterocycles. The molecule has 0 amide bonds. The molecule has 1 aliphatic rings.